The summed E-state index contributed by atoms with van der Waals surface area (Å²) in [6.07, 6.45) is 4.79. The van der Waals surface area contributed by atoms with Crippen molar-refractivity contribution in [2.75, 3.05) is 6.61 Å². The molecule has 2 nitrogen and oxygen atoms in total. The number of nitrogens with one attached hydrogen (secondary N) is 1. The number of hydrogen-bond acceptors (Lipinski definition) is 3. The molecule has 3 heteroatoms. The Labute approximate surface area is 95.3 Å². The van der Waals surface area contributed by atoms with Gasteiger partial charge in [-0.3, -0.25) is 0 Å². The molecule has 0 saturated heterocycles. The maximum atomic E-state index is 9.04. The second kappa shape index (κ2) is 5.64. The Kier molecular flexibility index (Phi) is 4.18. The van der Waals surface area contributed by atoms with Gasteiger partial charge >= 0.3 is 0 Å². The summed E-state index contributed by atoms with van der Waals surface area (Å²) in [4.78, 5) is 0. The van der Waals surface area contributed by atoms with Gasteiger partial charge in [0.05, 0.1) is 0 Å². The Morgan fingerprint density at radius 3 is 2.73 bits per heavy atom. The number of aliphatic hydroxyl groups is 1. The van der Waals surface area contributed by atoms with Crippen molar-refractivity contribution >= 4 is 11.3 Å². The second-order valence-corrected chi connectivity index (χ2v) is 5.19. The van der Waals surface area contributed by atoms with E-state index in [-0.39, 0.29) is 0 Å². The van der Waals surface area contributed by atoms with Crippen LogP contribution in [0.2, 0.25) is 0 Å². The monoisotopic (exact) mass is 225 g/mol. The van der Waals surface area contributed by atoms with Crippen molar-refractivity contribution in [3.8, 4) is 0 Å². The molecule has 1 fully saturated rings. The van der Waals surface area contributed by atoms with Crippen LogP contribution in [-0.2, 0) is 6.54 Å². The van der Waals surface area contributed by atoms with Crippen LogP contribution in [0, 0.1) is 5.92 Å². The van der Waals surface area contributed by atoms with Crippen molar-refractivity contribution in [2.24, 2.45) is 5.92 Å². The third-order valence-electron chi connectivity index (χ3n) is 3.28. The van der Waals surface area contributed by atoms with Gasteiger partial charge in [0.15, 0.2) is 0 Å². The molecule has 0 unspecified atom stereocenters. The molecule has 2 rings (SSSR count). The van der Waals surface area contributed by atoms with Crippen LogP contribution in [0.5, 0.6) is 0 Å². The molecule has 1 aromatic heterocycles. The summed E-state index contributed by atoms with van der Waals surface area (Å²) in [6, 6.07) is 2.84. The first kappa shape index (κ1) is 11.1. The molecule has 0 spiro atoms. The molecule has 1 aliphatic carbocycles. The molecule has 0 atom stereocenters. The van der Waals surface area contributed by atoms with E-state index in [1.54, 1.807) is 11.3 Å². The summed E-state index contributed by atoms with van der Waals surface area (Å²) in [7, 11) is 0. The quantitative estimate of drug-likeness (QED) is 0.824. The average Bonchev–Trinajstić information content (AvgIpc) is 2.80. The number of thiophene rings is 1. The fourth-order valence-electron chi connectivity index (χ4n) is 2.20. The predicted octanol–water partition coefficient (Wildman–Crippen LogP) is 2.39. The highest BCUT2D eigenvalue weighted by atomic mass is 32.1. The van der Waals surface area contributed by atoms with Crippen molar-refractivity contribution in [3.05, 3.63) is 22.4 Å². The van der Waals surface area contributed by atoms with E-state index in [4.69, 9.17) is 5.11 Å². The lowest BCUT2D eigenvalue weighted by Crippen LogP contribution is -2.33. The maximum absolute atomic E-state index is 9.04. The van der Waals surface area contributed by atoms with Gasteiger partial charge in [-0.1, -0.05) is 0 Å². The number of rotatable bonds is 4. The van der Waals surface area contributed by atoms with E-state index in [2.05, 4.69) is 22.1 Å². The first-order valence-electron chi connectivity index (χ1n) is 5.74. The Morgan fingerprint density at radius 2 is 2.13 bits per heavy atom. The van der Waals surface area contributed by atoms with E-state index < -0.39 is 0 Å². The average molecular weight is 225 g/mol. The van der Waals surface area contributed by atoms with Crippen LogP contribution in [0.25, 0.3) is 0 Å². The molecule has 1 saturated carbocycles. The lowest BCUT2D eigenvalue weighted by molar-refractivity contribution is 0.175. The zero-order chi connectivity index (χ0) is 10.5. The number of hydrogen-bond donors (Lipinski definition) is 2. The number of aliphatic hydroxyl groups excluding tert-OH is 1. The van der Waals surface area contributed by atoms with E-state index in [1.807, 2.05) is 0 Å². The normalized spacial score (nSPS) is 26.7. The molecule has 1 heterocycles. The molecule has 0 aliphatic heterocycles. The standard InChI is InChI=1S/C12H19NOS/c14-8-10-1-3-12(4-2-10)13-7-11-5-6-15-9-11/h5-6,9-10,12-14H,1-4,7-8H2. The first-order valence-corrected chi connectivity index (χ1v) is 6.68. The SMILES string of the molecule is OCC1CCC(NCc2ccsc2)CC1. The minimum absolute atomic E-state index is 0.372. The van der Waals surface area contributed by atoms with Crippen molar-refractivity contribution in [2.45, 2.75) is 38.3 Å². The van der Waals surface area contributed by atoms with Crippen molar-refractivity contribution in [1.29, 1.82) is 0 Å². The van der Waals surface area contributed by atoms with Gasteiger partial charge in [0.25, 0.3) is 0 Å². The van der Waals surface area contributed by atoms with E-state index in [0.29, 0.717) is 18.6 Å². The van der Waals surface area contributed by atoms with Gasteiger partial charge in [0.1, 0.15) is 0 Å². The van der Waals surface area contributed by atoms with Crippen LogP contribution in [0.3, 0.4) is 0 Å². The van der Waals surface area contributed by atoms with Crippen LogP contribution < -0.4 is 5.32 Å². The summed E-state index contributed by atoms with van der Waals surface area (Å²) in [5.41, 5.74) is 1.39. The molecule has 0 amide bonds. The Hall–Kier alpha value is -0.380. The molecule has 84 valence electrons. The Balaban J connectivity index is 1.69. The molecule has 1 aliphatic rings. The molecule has 15 heavy (non-hydrogen) atoms. The minimum Gasteiger partial charge on any atom is -0.396 e. The van der Waals surface area contributed by atoms with E-state index in [0.717, 1.165) is 6.54 Å². The first-order chi connectivity index (χ1) is 7.38. The van der Waals surface area contributed by atoms with Crippen LogP contribution in [0.1, 0.15) is 31.2 Å². The Bertz CT molecular complexity index is 265. The molecule has 0 aromatic carbocycles. The van der Waals surface area contributed by atoms with Gasteiger partial charge in [0.2, 0.25) is 0 Å². The lowest BCUT2D eigenvalue weighted by atomic mass is 9.86. The fourth-order valence-corrected chi connectivity index (χ4v) is 2.87. The highest BCUT2D eigenvalue weighted by Crippen LogP contribution is 2.23. The smallest absolute Gasteiger partial charge is 0.0459 e. The van der Waals surface area contributed by atoms with E-state index in [1.165, 1.54) is 31.2 Å². The molecular weight excluding hydrogens is 206 g/mol. The molecule has 0 bridgehead atoms. The van der Waals surface area contributed by atoms with Gasteiger partial charge in [-0.25, -0.2) is 0 Å². The van der Waals surface area contributed by atoms with Crippen LogP contribution in [-0.4, -0.2) is 17.8 Å². The van der Waals surface area contributed by atoms with Crippen molar-refractivity contribution in [1.82, 2.24) is 5.32 Å². The van der Waals surface area contributed by atoms with Gasteiger partial charge in [-0.05, 0) is 54.0 Å². The van der Waals surface area contributed by atoms with Gasteiger partial charge in [0, 0.05) is 19.2 Å². The molecule has 2 N–H and O–H groups in total. The minimum atomic E-state index is 0.372. The third-order valence-corrected chi connectivity index (χ3v) is 4.01. The topological polar surface area (TPSA) is 32.3 Å². The predicted molar refractivity (Wildman–Crippen MR) is 64.0 cm³/mol. The van der Waals surface area contributed by atoms with E-state index in [9.17, 15) is 0 Å². The zero-order valence-corrected chi connectivity index (χ0v) is 9.80. The summed E-state index contributed by atoms with van der Waals surface area (Å²) in [6.45, 7) is 1.37. The van der Waals surface area contributed by atoms with E-state index >= 15 is 0 Å². The summed E-state index contributed by atoms with van der Waals surface area (Å²) in [5, 5.41) is 17.0. The van der Waals surface area contributed by atoms with Crippen LogP contribution in [0.15, 0.2) is 16.8 Å². The molecular formula is C12H19NOS. The second-order valence-electron chi connectivity index (χ2n) is 4.41. The summed E-state index contributed by atoms with van der Waals surface area (Å²) in [5.74, 6) is 0.559. The van der Waals surface area contributed by atoms with Crippen molar-refractivity contribution in [3.63, 3.8) is 0 Å². The summed E-state index contributed by atoms with van der Waals surface area (Å²) < 4.78 is 0. The maximum Gasteiger partial charge on any atom is 0.0459 e. The molecule has 0 radical (unpaired) electrons. The Morgan fingerprint density at radius 1 is 1.33 bits per heavy atom. The highest BCUT2D eigenvalue weighted by Gasteiger charge is 2.19. The largest absolute Gasteiger partial charge is 0.396 e. The van der Waals surface area contributed by atoms with Crippen molar-refractivity contribution < 1.29 is 5.11 Å². The van der Waals surface area contributed by atoms with Crippen LogP contribution in [0.4, 0.5) is 0 Å². The third kappa shape index (κ3) is 3.30. The van der Waals surface area contributed by atoms with Crippen LogP contribution >= 0.6 is 11.3 Å². The molecule has 1 aromatic rings. The summed E-state index contributed by atoms with van der Waals surface area (Å²) >= 11 is 1.76. The van der Waals surface area contributed by atoms with Gasteiger partial charge in [-0.15, -0.1) is 0 Å². The lowest BCUT2D eigenvalue weighted by Gasteiger charge is -2.27. The highest BCUT2D eigenvalue weighted by molar-refractivity contribution is 7.07. The fraction of sp³-hybridized carbons (Fsp3) is 0.667. The zero-order valence-electron chi connectivity index (χ0n) is 8.98. The van der Waals surface area contributed by atoms with Gasteiger partial charge < -0.3 is 10.4 Å². The van der Waals surface area contributed by atoms with Gasteiger partial charge in [-0.2, -0.15) is 11.3 Å².